The molecule has 0 heterocycles. The number of ether oxygens (including phenoxy) is 3. The molecule has 0 aliphatic rings. The number of hydrogen-bond acceptors (Lipinski definition) is 6. The van der Waals surface area contributed by atoms with Gasteiger partial charge in [0.05, 0.1) is 0 Å². The lowest BCUT2D eigenvalue weighted by Crippen LogP contribution is -2.30. The zero-order chi connectivity index (χ0) is 48.6. The Morgan fingerprint density at radius 3 is 0.910 bits per heavy atom. The molecule has 386 valence electrons. The average Bonchev–Trinajstić information content (AvgIpc) is 3.33. The van der Waals surface area contributed by atoms with E-state index in [-0.39, 0.29) is 31.1 Å². The average molecular weight is 936 g/mol. The van der Waals surface area contributed by atoms with Crippen molar-refractivity contribution in [3.63, 3.8) is 0 Å². The molecule has 6 heteroatoms. The van der Waals surface area contributed by atoms with Crippen molar-refractivity contribution in [2.24, 2.45) is 0 Å². The van der Waals surface area contributed by atoms with Crippen molar-refractivity contribution in [1.82, 2.24) is 0 Å². The van der Waals surface area contributed by atoms with Crippen LogP contribution < -0.4 is 0 Å². The second kappa shape index (κ2) is 55.4. The lowest BCUT2D eigenvalue weighted by molar-refractivity contribution is -0.167. The number of carbonyl (C=O) groups excluding carboxylic acids is 3. The van der Waals surface area contributed by atoms with Crippen molar-refractivity contribution in [1.29, 1.82) is 0 Å². The molecule has 0 bridgehead atoms. The Bertz CT molecular complexity index is 1260. The van der Waals surface area contributed by atoms with E-state index in [1.807, 2.05) is 0 Å². The quantitative estimate of drug-likeness (QED) is 0.0262. The lowest BCUT2D eigenvalue weighted by atomic mass is 10.0. The lowest BCUT2D eigenvalue weighted by Gasteiger charge is -2.18. The van der Waals surface area contributed by atoms with Crippen LogP contribution in [0.1, 0.15) is 278 Å². The van der Waals surface area contributed by atoms with Crippen LogP contribution in [0, 0.1) is 0 Å². The molecule has 0 saturated carbocycles. The van der Waals surface area contributed by atoms with E-state index in [2.05, 4.69) is 93.7 Å². The van der Waals surface area contributed by atoms with E-state index in [0.29, 0.717) is 19.3 Å². The summed E-state index contributed by atoms with van der Waals surface area (Å²) in [6, 6.07) is 0. The SMILES string of the molecule is CC/C=C\C/C=C\C/C=C\CCCCCCCCCCCC(=O)OCC(COC(=O)CCCCCC/C=C\C/C=C\C/C=C\CC)OC(=O)CCCCCCCCCCCCCCCCCC. The maximum Gasteiger partial charge on any atom is 0.306 e. The Morgan fingerprint density at radius 2 is 0.582 bits per heavy atom. The van der Waals surface area contributed by atoms with Crippen molar-refractivity contribution >= 4 is 17.9 Å². The van der Waals surface area contributed by atoms with Crippen LogP contribution in [0.25, 0.3) is 0 Å². The van der Waals surface area contributed by atoms with E-state index in [1.165, 1.54) is 128 Å². The molecule has 0 N–H and O–H groups in total. The number of unbranched alkanes of at least 4 members (excludes halogenated alkanes) is 28. The third-order valence-corrected chi connectivity index (χ3v) is 12.2. The Balaban J connectivity index is 4.38. The van der Waals surface area contributed by atoms with Crippen molar-refractivity contribution in [2.45, 2.75) is 284 Å². The molecule has 0 fully saturated rings. The first-order chi connectivity index (χ1) is 33.0. The Hall–Kier alpha value is -3.15. The highest BCUT2D eigenvalue weighted by Gasteiger charge is 2.19. The van der Waals surface area contributed by atoms with Crippen molar-refractivity contribution in [3.05, 3.63) is 72.9 Å². The minimum Gasteiger partial charge on any atom is -0.462 e. The van der Waals surface area contributed by atoms with Gasteiger partial charge < -0.3 is 14.2 Å². The van der Waals surface area contributed by atoms with Crippen LogP contribution in [-0.4, -0.2) is 37.2 Å². The van der Waals surface area contributed by atoms with Gasteiger partial charge in [0.2, 0.25) is 0 Å². The molecule has 0 radical (unpaired) electrons. The van der Waals surface area contributed by atoms with Gasteiger partial charge in [-0.3, -0.25) is 14.4 Å². The van der Waals surface area contributed by atoms with Gasteiger partial charge in [0.25, 0.3) is 0 Å². The number of hydrogen-bond donors (Lipinski definition) is 0. The molecule has 0 rings (SSSR count). The molecule has 6 nitrogen and oxygen atoms in total. The molecule has 0 spiro atoms. The number of esters is 3. The normalized spacial score (nSPS) is 12.6. The zero-order valence-corrected chi connectivity index (χ0v) is 44.2. The molecule has 0 amide bonds. The first-order valence-electron chi connectivity index (χ1n) is 28.4. The van der Waals surface area contributed by atoms with E-state index in [1.54, 1.807) is 0 Å². The number of carbonyl (C=O) groups is 3. The minimum absolute atomic E-state index is 0.0835. The summed E-state index contributed by atoms with van der Waals surface area (Å²) in [6.07, 6.45) is 70.3. The molecule has 1 atom stereocenters. The van der Waals surface area contributed by atoms with E-state index in [0.717, 1.165) is 109 Å². The molecule has 1 unspecified atom stereocenters. The molecule has 0 aliphatic carbocycles. The molecular formula is C61H106O6. The third kappa shape index (κ3) is 53.7. The maximum absolute atomic E-state index is 12.9. The summed E-state index contributed by atoms with van der Waals surface area (Å²) in [6.45, 7) is 6.42. The Kier molecular flexibility index (Phi) is 52.8. The number of rotatable bonds is 51. The zero-order valence-electron chi connectivity index (χ0n) is 44.2. The summed E-state index contributed by atoms with van der Waals surface area (Å²) in [4.78, 5) is 38.1. The number of allylic oxidation sites excluding steroid dienone is 12. The van der Waals surface area contributed by atoms with E-state index < -0.39 is 6.10 Å². The second-order valence-corrected chi connectivity index (χ2v) is 18.8. The Morgan fingerprint density at radius 1 is 0.313 bits per heavy atom. The second-order valence-electron chi connectivity index (χ2n) is 18.8. The van der Waals surface area contributed by atoms with E-state index in [9.17, 15) is 14.4 Å². The minimum atomic E-state index is -0.785. The highest BCUT2D eigenvalue weighted by atomic mass is 16.6. The van der Waals surface area contributed by atoms with Crippen LogP contribution in [0.5, 0.6) is 0 Å². The van der Waals surface area contributed by atoms with E-state index in [4.69, 9.17) is 14.2 Å². The van der Waals surface area contributed by atoms with Gasteiger partial charge in [0.1, 0.15) is 13.2 Å². The standard InChI is InChI=1S/C61H106O6/c1-4-7-10-13-16-19-22-25-28-30-31-32-34-36-39-42-45-48-51-54-60(63)66-57-58(56-65-59(62)53-50-47-44-41-38-35-27-24-21-18-15-12-9-6-3)67-61(64)55-52-49-46-43-40-37-33-29-26-23-20-17-14-11-8-5-2/h7,9-10,12,16,18-19,21,25,27-28,35,58H,4-6,8,11,13-15,17,20,22-24,26,29-34,36-57H2,1-3H3/b10-7-,12-9-,19-16-,21-18-,28-25-,35-27-. The highest BCUT2D eigenvalue weighted by Crippen LogP contribution is 2.16. The molecule has 0 aromatic carbocycles. The smallest absolute Gasteiger partial charge is 0.306 e. The summed E-state index contributed by atoms with van der Waals surface area (Å²) in [7, 11) is 0. The van der Waals surface area contributed by atoms with Crippen molar-refractivity contribution in [2.75, 3.05) is 13.2 Å². The van der Waals surface area contributed by atoms with Crippen LogP contribution >= 0.6 is 0 Å². The summed E-state index contributed by atoms with van der Waals surface area (Å²) >= 11 is 0. The summed E-state index contributed by atoms with van der Waals surface area (Å²) in [5, 5.41) is 0. The van der Waals surface area contributed by atoms with E-state index >= 15 is 0 Å². The predicted molar refractivity (Wildman–Crippen MR) is 288 cm³/mol. The largest absolute Gasteiger partial charge is 0.462 e. The first-order valence-corrected chi connectivity index (χ1v) is 28.4. The molecule has 0 saturated heterocycles. The van der Waals surface area contributed by atoms with Gasteiger partial charge in [0, 0.05) is 19.3 Å². The highest BCUT2D eigenvalue weighted by molar-refractivity contribution is 5.71. The van der Waals surface area contributed by atoms with Crippen LogP contribution in [0.4, 0.5) is 0 Å². The van der Waals surface area contributed by atoms with Gasteiger partial charge >= 0.3 is 17.9 Å². The first kappa shape index (κ1) is 63.8. The topological polar surface area (TPSA) is 78.9 Å². The fourth-order valence-electron chi connectivity index (χ4n) is 8.00. The van der Waals surface area contributed by atoms with Gasteiger partial charge in [0.15, 0.2) is 6.10 Å². The molecule has 0 aromatic heterocycles. The molecular weight excluding hydrogens is 829 g/mol. The van der Waals surface area contributed by atoms with Crippen molar-refractivity contribution < 1.29 is 28.6 Å². The van der Waals surface area contributed by atoms with Crippen LogP contribution in [0.15, 0.2) is 72.9 Å². The summed E-state index contributed by atoms with van der Waals surface area (Å²) < 4.78 is 16.9. The maximum atomic E-state index is 12.9. The monoisotopic (exact) mass is 935 g/mol. The van der Waals surface area contributed by atoms with Gasteiger partial charge in [-0.25, -0.2) is 0 Å². The third-order valence-electron chi connectivity index (χ3n) is 12.2. The van der Waals surface area contributed by atoms with Crippen molar-refractivity contribution in [3.8, 4) is 0 Å². The summed E-state index contributed by atoms with van der Waals surface area (Å²) in [5.74, 6) is -0.901. The van der Waals surface area contributed by atoms with Crippen LogP contribution in [-0.2, 0) is 28.6 Å². The molecule has 0 aliphatic heterocycles. The van der Waals surface area contributed by atoms with Crippen LogP contribution in [0.2, 0.25) is 0 Å². The Labute approximate surface area is 414 Å². The van der Waals surface area contributed by atoms with Gasteiger partial charge in [-0.05, 0) is 83.5 Å². The fourth-order valence-corrected chi connectivity index (χ4v) is 8.00. The fraction of sp³-hybridized carbons (Fsp3) is 0.754. The predicted octanol–water partition coefficient (Wildman–Crippen LogP) is 19.0. The van der Waals surface area contributed by atoms with Gasteiger partial charge in [-0.1, -0.05) is 248 Å². The van der Waals surface area contributed by atoms with Crippen LogP contribution in [0.3, 0.4) is 0 Å². The molecule has 0 aromatic rings. The van der Waals surface area contributed by atoms with Gasteiger partial charge in [-0.15, -0.1) is 0 Å². The summed E-state index contributed by atoms with van der Waals surface area (Å²) in [5.41, 5.74) is 0. The van der Waals surface area contributed by atoms with Gasteiger partial charge in [-0.2, -0.15) is 0 Å². The molecule has 67 heavy (non-hydrogen) atoms.